The van der Waals surface area contributed by atoms with Crippen molar-refractivity contribution in [2.45, 2.75) is 39.7 Å². The van der Waals surface area contributed by atoms with Gasteiger partial charge in [-0.2, -0.15) is 0 Å². The van der Waals surface area contributed by atoms with Gasteiger partial charge in [0.25, 0.3) is 0 Å². The minimum absolute atomic E-state index is 0.0281. The van der Waals surface area contributed by atoms with Crippen molar-refractivity contribution < 1.29 is 9.53 Å². The molecule has 0 fully saturated rings. The summed E-state index contributed by atoms with van der Waals surface area (Å²) in [5, 5.41) is 3.07. The Hall–Kier alpha value is -1.55. The molecule has 1 unspecified atom stereocenters. The SMILES string of the molecule is CCC(CC)(CN)C(=O)NC(C)c1cccc(OC)c1. The molecule has 0 radical (unpaired) electrons. The van der Waals surface area contributed by atoms with Gasteiger partial charge in [-0.1, -0.05) is 26.0 Å². The van der Waals surface area contributed by atoms with Crippen molar-refractivity contribution >= 4 is 5.91 Å². The number of hydrogen-bond donors (Lipinski definition) is 2. The van der Waals surface area contributed by atoms with Crippen LogP contribution < -0.4 is 15.8 Å². The zero-order valence-electron chi connectivity index (χ0n) is 12.9. The van der Waals surface area contributed by atoms with Gasteiger partial charge < -0.3 is 15.8 Å². The van der Waals surface area contributed by atoms with E-state index >= 15 is 0 Å². The molecule has 4 heteroatoms. The van der Waals surface area contributed by atoms with Crippen molar-refractivity contribution in [1.82, 2.24) is 5.32 Å². The molecule has 0 aliphatic rings. The smallest absolute Gasteiger partial charge is 0.227 e. The van der Waals surface area contributed by atoms with E-state index in [9.17, 15) is 4.79 Å². The molecule has 0 aromatic heterocycles. The van der Waals surface area contributed by atoms with E-state index in [1.807, 2.05) is 45.0 Å². The van der Waals surface area contributed by atoms with Gasteiger partial charge in [-0.15, -0.1) is 0 Å². The zero-order valence-corrected chi connectivity index (χ0v) is 12.9. The molecule has 1 amide bonds. The molecule has 1 aromatic rings. The highest BCUT2D eigenvalue weighted by Crippen LogP contribution is 2.27. The van der Waals surface area contributed by atoms with Crippen LogP contribution in [-0.2, 0) is 4.79 Å². The van der Waals surface area contributed by atoms with Crippen LogP contribution in [0, 0.1) is 5.41 Å². The van der Waals surface area contributed by atoms with Crippen LogP contribution in [0.25, 0.3) is 0 Å². The number of nitrogens with two attached hydrogens (primary N) is 1. The van der Waals surface area contributed by atoms with Gasteiger partial charge in [-0.05, 0) is 37.5 Å². The van der Waals surface area contributed by atoms with Crippen LogP contribution in [0.5, 0.6) is 5.75 Å². The predicted octanol–water partition coefficient (Wildman–Crippen LogP) is 2.64. The summed E-state index contributed by atoms with van der Waals surface area (Å²) in [7, 11) is 1.63. The summed E-state index contributed by atoms with van der Waals surface area (Å²) < 4.78 is 5.21. The van der Waals surface area contributed by atoms with E-state index in [1.165, 1.54) is 0 Å². The molecule has 1 atom stereocenters. The quantitative estimate of drug-likeness (QED) is 0.806. The van der Waals surface area contributed by atoms with Gasteiger partial charge in [-0.3, -0.25) is 4.79 Å². The largest absolute Gasteiger partial charge is 0.497 e. The number of ether oxygens (including phenoxy) is 1. The highest BCUT2D eigenvalue weighted by Gasteiger charge is 2.34. The molecule has 20 heavy (non-hydrogen) atoms. The second-order valence-electron chi connectivity index (χ2n) is 5.16. The first-order valence-electron chi connectivity index (χ1n) is 7.18. The average Bonchev–Trinajstić information content (AvgIpc) is 2.49. The first kappa shape index (κ1) is 16.5. The van der Waals surface area contributed by atoms with Crippen molar-refractivity contribution in [3.63, 3.8) is 0 Å². The van der Waals surface area contributed by atoms with Gasteiger partial charge in [0, 0.05) is 6.54 Å². The monoisotopic (exact) mass is 278 g/mol. The molecule has 112 valence electrons. The van der Waals surface area contributed by atoms with Crippen LogP contribution in [0.2, 0.25) is 0 Å². The van der Waals surface area contributed by atoms with Crippen molar-refractivity contribution in [3.05, 3.63) is 29.8 Å². The second kappa shape index (κ2) is 7.29. The van der Waals surface area contributed by atoms with Crippen LogP contribution in [0.15, 0.2) is 24.3 Å². The normalized spacial score (nSPS) is 12.8. The Morgan fingerprint density at radius 1 is 1.40 bits per heavy atom. The third-order valence-corrected chi connectivity index (χ3v) is 4.17. The molecule has 0 saturated heterocycles. The number of carbonyl (C=O) groups excluding carboxylic acids is 1. The Bertz CT molecular complexity index is 434. The number of methoxy groups -OCH3 is 1. The van der Waals surface area contributed by atoms with Gasteiger partial charge in [0.15, 0.2) is 0 Å². The summed E-state index contributed by atoms with van der Waals surface area (Å²) in [5.74, 6) is 0.819. The van der Waals surface area contributed by atoms with Crippen molar-refractivity contribution in [2.24, 2.45) is 11.1 Å². The molecule has 0 heterocycles. The average molecular weight is 278 g/mol. The van der Waals surface area contributed by atoms with Crippen molar-refractivity contribution in [2.75, 3.05) is 13.7 Å². The number of amides is 1. The predicted molar refractivity (Wildman–Crippen MR) is 81.6 cm³/mol. The fraction of sp³-hybridized carbons (Fsp3) is 0.562. The van der Waals surface area contributed by atoms with E-state index in [-0.39, 0.29) is 11.9 Å². The van der Waals surface area contributed by atoms with Gasteiger partial charge in [0.1, 0.15) is 5.75 Å². The highest BCUT2D eigenvalue weighted by atomic mass is 16.5. The van der Waals surface area contributed by atoms with Crippen LogP contribution in [0.1, 0.15) is 45.2 Å². The second-order valence-corrected chi connectivity index (χ2v) is 5.16. The number of rotatable bonds is 7. The Kier molecular flexibility index (Phi) is 6.02. The van der Waals surface area contributed by atoms with E-state index in [0.717, 1.165) is 24.2 Å². The van der Waals surface area contributed by atoms with Gasteiger partial charge >= 0.3 is 0 Å². The molecule has 0 aliphatic carbocycles. The lowest BCUT2D eigenvalue weighted by Gasteiger charge is -2.30. The first-order chi connectivity index (χ1) is 9.52. The molecule has 1 aromatic carbocycles. The van der Waals surface area contributed by atoms with Crippen LogP contribution in [0.3, 0.4) is 0 Å². The third kappa shape index (κ3) is 3.51. The summed E-state index contributed by atoms with van der Waals surface area (Å²) in [4.78, 5) is 12.5. The topological polar surface area (TPSA) is 64.4 Å². The van der Waals surface area contributed by atoms with E-state index in [0.29, 0.717) is 6.54 Å². The van der Waals surface area contributed by atoms with Crippen LogP contribution in [-0.4, -0.2) is 19.6 Å². The summed E-state index contributed by atoms with van der Waals surface area (Å²) in [6.45, 7) is 6.36. The molecule has 1 rings (SSSR count). The fourth-order valence-corrected chi connectivity index (χ4v) is 2.30. The van der Waals surface area contributed by atoms with Gasteiger partial charge in [0.2, 0.25) is 5.91 Å². The molecular formula is C16H26N2O2. The standard InChI is InChI=1S/C16H26N2O2/c1-5-16(6-2,11-17)15(19)18-12(3)13-8-7-9-14(10-13)20-4/h7-10,12H,5-6,11,17H2,1-4H3,(H,18,19). The summed E-state index contributed by atoms with van der Waals surface area (Å²) in [6.07, 6.45) is 1.49. The van der Waals surface area contributed by atoms with E-state index in [2.05, 4.69) is 5.32 Å². The molecule has 0 aliphatic heterocycles. The summed E-state index contributed by atoms with van der Waals surface area (Å²) >= 11 is 0. The maximum absolute atomic E-state index is 12.5. The lowest BCUT2D eigenvalue weighted by atomic mass is 9.81. The summed E-state index contributed by atoms with van der Waals surface area (Å²) in [5.41, 5.74) is 6.37. The van der Waals surface area contributed by atoms with Crippen LogP contribution >= 0.6 is 0 Å². The van der Waals surface area contributed by atoms with E-state index < -0.39 is 5.41 Å². The minimum Gasteiger partial charge on any atom is -0.497 e. The maximum Gasteiger partial charge on any atom is 0.227 e. The Labute approximate surface area is 121 Å². The third-order valence-electron chi connectivity index (χ3n) is 4.17. The van der Waals surface area contributed by atoms with Crippen molar-refractivity contribution in [1.29, 1.82) is 0 Å². The highest BCUT2D eigenvalue weighted by molar-refractivity contribution is 5.83. The van der Waals surface area contributed by atoms with Crippen LogP contribution in [0.4, 0.5) is 0 Å². The molecule has 0 spiro atoms. The zero-order chi connectivity index (χ0) is 15.2. The Balaban J connectivity index is 2.83. The lowest BCUT2D eigenvalue weighted by molar-refractivity contribution is -0.131. The fourth-order valence-electron chi connectivity index (χ4n) is 2.30. The molecule has 0 saturated carbocycles. The molecule has 0 bridgehead atoms. The molecule has 4 nitrogen and oxygen atoms in total. The number of nitrogens with one attached hydrogen (secondary N) is 1. The Morgan fingerprint density at radius 3 is 2.55 bits per heavy atom. The minimum atomic E-state index is -0.465. The van der Waals surface area contributed by atoms with E-state index in [4.69, 9.17) is 10.5 Å². The number of benzene rings is 1. The first-order valence-corrected chi connectivity index (χ1v) is 7.18. The van der Waals surface area contributed by atoms with Gasteiger partial charge in [0.05, 0.1) is 18.6 Å². The number of hydrogen-bond acceptors (Lipinski definition) is 3. The maximum atomic E-state index is 12.5. The molecule has 3 N–H and O–H groups in total. The number of carbonyl (C=O) groups is 1. The Morgan fingerprint density at radius 2 is 2.05 bits per heavy atom. The lowest BCUT2D eigenvalue weighted by Crippen LogP contribution is -2.46. The van der Waals surface area contributed by atoms with E-state index in [1.54, 1.807) is 7.11 Å². The van der Waals surface area contributed by atoms with Gasteiger partial charge in [-0.25, -0.2) is 0 Å². The van der Waals surface area contributed by atoms with Crippen molar-refractivity contribution in [3.8, 4) is 5.75 Å². The molecular weight excluding hydrogens is 252 g/mol. The summed E-state index contributed by atoms with van der Waals surface area (Å²) in [6, 6.07) is 7.66.